The summed E-state index contributed by atoms with van der Waals surface area (Å²) in [6.45, 7) is 2.82. The molecule has 3 nitrogen and oxygen atoms in total. The number of aryl methyl sites for hydroxylation is 1. The van der Waals surface area contributed by atoms with E-state index in [1.807, 2.05) is 47.2 Å². The maximum atomic E-state index is 12.1. The zero-order valence-electron chi connectivity index (χ0n) is 11.4. The van der Waals surface area contributed by atoms with Gasteiger partial charge in [-0.05, 0) is 36.6 Å². The minimum atomic E-state index is -0.114. The van der Waals surface area contributed by atoms with Crippen molar-refractivity contribution in [3.05, 3.63) is 50.4 Å². The third-order valence-corrected chi connectivity index (χ3v) is 5.24. The number of hydrogen-bond acceptors (Lipinski definition) is 3. The summed E-state index contributed by atoms with van der Waals surface area (Å²) in [4.78, 5) is 18.1. The predicted octanol–water partition coefficient (Wildman–Crippen LogP) is 4.11. The number of carbonyl (C=O) groups excluding carboxylic acids is 1. The molecule has 0 aliphatic carbocycles. The molecule has 0 saturated carbocycles. The Balaban J connectivity index is 2.02. The van der Waals surface area contributed by atoms with Crippen molar-refractivity contribution >= 4 is 50.4 Å². The highest BCUT2D eigenvalue weighted by atomic mass is 35.5. The number of rotatable bonds is 3. The van der Waals surface area contributed by atoms with Crippen LogP contribution in [0.2, 0.25) is 5.02 Å². The lowest BCUT2D eigenvalue weighted by Gasteiger charge is -1.99. The first-order chi connectivity index (χ1) is 10.2. The zero-order valence-corrected chi connectivity index (χ0v) is 13.8. The second-order valence-electron chi connectivity index (χ2n) is 4.50. The lowest BCUT2D eigenvalue weighted by Crippen LogP contribution is -2.16. The number of thiazole rings is 1. The number of nitrogens with zero attached hydrogens (tertiary/aromatic N) is 2. The number of fused-ring (bicyclic) bond motifs is 1. The molecule has 2 heterocycles. The molecule has 0 aliphatic heterocycles. The van der Waals surface area contributed by atoms with E-state index in [0.29, 0.717) is 11.4 Å². The number of carbonyl (C=O) groups is 1. The Morgan fingerprint density at radius 1 is 1.38 bits per heavy atom. The van der Waals surface area contributed by atoms with Gasteiger partial charge in [0.05, 0.1) is 16.6 Å². The Kier molecular flexibility index (Phi) is 4.24. The first-order valence-electron chi connectivity index (χ1n) is 6.56. The molecule has 0 radical (unpaired) electrons. The second-order valence-corrected chi connectivity index (χ2v) is 6.98. The van der Waals surface area contributed by atoms with E-state index in [1.54, 1.807) is 11.3 Å². The molecule has 6 heteroatoms. The number of thiophene rings is 1. The molecule has 0 saturated heterocycles. The van der Waals surface area contributed by atoms with E-state index in [1.165, 1.54) is 11.3 Å². The summed E-state index contributed by atoms with van der Waals surface area (Å²) >= 11 is 9.10. The van der Waals surface area contributed by atoms with Gasteiger partial charge in [-0.25, -0.2) is 0 Å². The predicted molar refractivity (Wildman–Crippen MR) is 89.1 cm³/mol. The monoisotopic (exact) mass is 336 g/mol. The molecule has 3 rings (SSSR count). The summed E-state index contributed by atoms with van der Waals surface area (Å²) < 4.78 is 3.09. The van der Waals surface area contributed by atoms with Crippen molar-refractivity contribution in [1.82, 2.24) is 4.57 Å². The highest BCUT2D eigenvalue weighted by molar-refractivity contribution is 7.16. The first kappa shape index (κ1) is 14.5. The Labute approximate surface area is 135 Å². The summed E-state index contributed by atoms with van der Waals surface area (Å²) in [5.74, 6) is -0.114. The van der Waals surface area contributed by atoms with Crippen LogP contribution in [0.5, 0.6) is 0 Å². The van der Waals surface area contributed by atoms with Crippen molar-refractivity contribution in [2.45, 2.75) is 19.9 Å². The molecule has 21 heavy (non-hydrogen) atoms. The summed E-state index contributed by atoms with van der Waals surface area (Å²) in [7, 11) is 0. The summed E-state index contributed by atoms with van der Waals surface area (Å²) in [6.07, 6.45) is 0.358. The lowest BCUT2D eigenvalue weighted by atomic mass is 10.3. The van der Waals surface area contributed by atoms with Crippen molar-refractivity contribution in [2.75, 3.05) is 0 Å². The van der Waals surface area contributed by atoms with Gasteiger partial charge in [0, 0.05) is 16.4 Å². The van der Waals surface area contributed by atoms with Crippen LogP contribution in [-0.2, 0) is 17.8 Å². The highest BCUT2D eigenvalue weighted by Crippen LogP contribution is 2.21. The fraction of sp³-hybridized carbons (Fsp3) is 0.200. The summed E-state index contributed by atoms with van der Waals surface area (Å²) in [6, 6.07) is 9.65. The topological polar surface area (TPSA) is 34.4 Å². The van der Waals surface area contributed by atoms with Crippen LogP contribution in [0.4, 0.5) is 0 Å². The third-order valence-electron chi connectivity index (χ3n) is 3.09. The van der Waals surface area contributed by atoms with Gasteiger partial charge >= 0.3 is 0 Å². The van der Waals surface area contributed by atoms with Gasteiger partial charge in [0.15, 0.2) is 4.80 Å². The van der Waals surface area contributed by atoms with E-state index in [4.69, 9.17) is 11.6 Å². The minimum absolute atomic E-state index is 0.114. The summed E-state index contributed by atoms with van der Waals surface area (Å²) in [5.41, 5.74) is 1.06. The van der Waals surface area contributed by atoms with E-state index in [9.17, 15) is 4.79 Å². The standard InChI is InChI=1S/C15H13ClN2OS2/c1-2-18-12-6-5-10(16)8-13(12)21-15(18)17-14(19)9-11-4-3-7-20-11/h3-8H,2,9H2,1H3. The molecule has 0 unspecified atom stereocenters. The van der Waals surface area contributed by atoms with Crippen molar-refractivity contribution in [2.24, 2.45) is 4.99 Å². The van der Waals surface area contributed by atoms with Crippen LogP contribution >= 0.6 is 34.3 Å². The van der Waals surface area contributed by atoms with Crippen LogP contribution in [0.3, 0.4) is 0 Å². The van der Waals surface area contributed by atoms with Gasteiger partial charge in [-0.15, -0.1) is 11.3 Å². The largest absolute Gasteiger partial charge is 0.317 e. The molecule has 0 fully saturated rings. The Morgan fingerprint density at radius 3 is 2.95 bits per heavy atom. The van der Waals surface area contributed by atoms with Gasteiger partial charge in [0.25, 0.3) is 5.91 Å². The van der Waals surface area contributed by atoms with Crippen molar-refractivity contribution < 1.29 is 4.79 Å². The van der Waals surface area contributed by atoms with E-state index in [2.05, 4.69) is 4.99 Å². The average Bonchev–Trinajstić information content (AvgIpc) is 3.05. The van der Waals surface area contributed by atoms with Gasteiger partial charge in [-0.3, -0.25) is 4.79 Å². The molecule has 0 aliphatic rings. The number of aromatic nitrogens is 1. The molecule has 2 aromatic heterocycles. The van der Waals surface area contributed by atoms with Gasteiger partial charge in [-0.2, -0.15) is 4.99 Å². The molecule has 1 amide bonds. The number of halogens is 1. The Morgan fingerprint density at radius 2 is 2.24 bits per heavy atom. The maximum Gasteiger partial charge on any atom is 0.253 e. The molecule has 3 aromatic rings. The SMILES string of the molecule is CCn1c(=NC(=O)Cc2cccs2)sc2cc(Cl)ccc21. The Bertz CT molecular complexity index is 846. The van der Waals surface area contributed by atoms with Gasteiger partial charge < -0.3 is 4.57 Å². The highest BCUT2D eigenvalue weighted by Gasteiger charge is 2.08. The van der Waals surface area contributed by atoms with Gasteiger partial charge in [0.2, 0.25) is 0 Å². The van der Waals surface area contributed by atoms with Gasteiger partial charge in [0.1, 0.15) is 0 Å². The van der Waals surface area contributed by atoms with E-state index < -0.39 is 0 Å². The fourth-order valence-corrected chi connectivity index (χ4v) is 4.23. The number of hydrogen-bond donors (Lipinski definition) is 0. The van der Waals surface area contributed by atoms with Crippen molar-refractivity contribution in [3.63, 3.8) is 0 Å². The van der Waals surface area contributed by atoms with Crippen LogP contribution in [0.1, 0.15) is 11.8 Å². The van der Waals surface area contributed by atoms with Crippen LogP contribution in [0.15, 0.2) is 40.7 Å². The zero-order chi connectivity index (χ0) is 14.8. The quantitative estimate of drug-likeness (QED) is 0.708. The lowest BCUT2D eigenvalue weighted by molar-refractivity contribution is -0.117. The molecule has 1 aromatic carbocycles. The van der Waals surface area contributed by atoms with Gasteiger partial charge in [-0.1, -0.05) is 29.0 Å². The molecule has 0 bridgehead atoms. The van der Waals surface area contributed by atoms with Crippen molar-refractivity contribution in [1.29, 1.82) is 0 Å². The molecular weight excluding hydrogens is 324 g/mol. The first-order valence-corrected chi connectivity index (χ1v) is 8.63. The van der Waals surface area contributed by atoms with E-state index >= 15 is 0 Å². The Hall–Kier alpha value is -1.43. The molecule has 0 N–H and O–H groups in total. The van der Waals surface area contributed by atoms with Crippen LogP contribution in [0, 0.1) is 0 Å². The maximum absolute atomic E-state index is 12.1. The number of amides is 1. The van der Waals surface area contributed by atoms with E-state index in [-0.39, 0.29) is 5.91 Å². The minimum Gasteiger partial charge on any atom is -0.317 e. The third kappa shape index (κ3) is 3.10. The fourth-order valence-electron chi connectivity index (χ4n) is 2.15. The molecular formula is C15H13ClN2OS2. The van der Waals surface area contributed by atoms with Crippen LogP contribution < -0.4 is 4.80 Å². The van der Waals surface area contributed by atoms with Crippen LogP contribution in [0.25, 0.3) is 10.2 Å². The molecule has 0 spiro atoms. The summed E-state index contributed by atoms with van der Waals surface area (Å²) in [5, 5.41) is 2.67. The average molecular weight is 337 g/mol. The molecule has 0 atom stereocenters. The van der Waals surface area contributed by atoms with Crippen molar-refractivity contribution in [3.8, 4) is 0 Å². The van der Waals surface area contributed by atoms with E-state index in [0.717, 1.165) is 26.4 Å². The normalized spacial score (nSPS) is 12.2. The second kappa shape index (κ2) is 6.13. The number of benzene rings is 1. The van der Waals surface area contributed by atoms with Crippen LogP contribution in [-0.4, -0.2) is 10.5 Å². The smallest absolute Gasteiger partial charge is 0.253 e. The molecule has 108 valence electrons.